The van der Waals surface area contributed by atoms with Crippen molar-refractivity contribution in [1.82, 2.24) is 9.55 Å². The number of nitrogens with zero attached hydrogens (tertiary/aromatic N) is 2. The zero-order valence-corrected chi connectivity index (χ0v) is 12.4. The molecule has 0 bridgehead atoms. The molecule has 0 spiro atoms. The van der Waals surface area contributed by atoms with E-state index in [-0.39, 0.29) is 6.04 Å². The number of benzene rings is 2. The Morgan fingerprint density at radius 1 is 1.04 bits per heavy atom. The molecule has 1 unspecified atom stereocenters. The SMILES string of the molecule is O=C(O)/C=C/c1ccc(C(c2ccccc2)n2ccnc2)cc1. The minimum Gasteiger partial charge on any atom is -0.478 e. The second-order valence-corrected chi connectivity index (χ2v) is 5.16. The van der Waals surface area contributed by atoms with Crippen LogP contribution >= 0.6 is 0 Å². The summed E-state index contributed by atoms with van der Waals surface area (Å²) in [6.07, 6.45) is 8.23. The number of aliphatic carboxylic acids is 1. The molecular weight excluding hydrogens is 288 g/mol. The quantitative estimate of drug-likeness (QED) is 0.732. The van der Waals surface area contributed by atoms with Crippen molar-refractivity contribution in [2.45, 2.75) is 6.04 Å². The number of imidazole rings is 1. The molecule has 1 aromatic heterocycles. The van der Waals surface area contributed by atoms with E-state index in [2.05, 4.69) is 21.7 Å². The van der Waals surface area contributed by atoms with Crippen molar-refractivity contribution in [2.24, 2.45) is 0 Å². The Labute approximate surface area is 134 Å². The lowest BCUT2D eigenvalue weighted by atomic mass is 9.97. The molecule has 4 heteroatoms. The lowest BCUT2D eigenvalue weighted by molar-refractivity contribution is -0.131. The minimum absolute atomic E-state index is 0.0382. The number of carboxylic acid groups (broad SMARTS) is 1. The fraction of sp³-hybridized carbons (Fsp3) is 0.0526. The van der Waals surface area contributed by atoms with Crippen LogP contribution < -0.4 is 0 Å². The van der Waals surface area contributed by atoms with Crippen LogP contribution in [0.15, 0.2) is 79.4 Å². The Morgan fingerprint density at radius 2 is 1.74 bits per heavy atom. The number of rotatable bonds is 5. The average Bonchev–Trinajstić information content (AvgIpc) is 3.09. The summed E-state index contributed by atoms with van der Waals surface area (Å²) in [5.41, 5.74) is 3.13. The Bertz CT molecular complexity index is 791. The number of carbonyl (C=O) groups is 1. The normalized spacial score (nSPS) is 12.3. The third-order valence-corrected chi connectivity index (χ3v) is 3.61. The van der Waals surface area contributed by atoms with E-state index >= 15 is 0 Å². The van der Waals surface area contributed by atoms with Gasteiger partial charge in [0.2, 0.25) is 0 Å². The number of aromatic nitrogens is 2. The number of hydrogen-bond donors (Lipinski definition) is 1. The van der Waals surface area contributed by atoms with Crippen molar-refractivity contribution in [1.29, 1.82) is 0 Å². The molecule has 0 aliphatic carbocycles. The summed E-state index contributed by atoms with van der Waals surface area (Å²) >= 11 is 0. The molecule has 23 heavy (non-hydrogen) atoms. The average molecular weight is 304 g/mol. The lowest BCUT2D eigenvalue weighted by Crippen LogP contribution is -2.10. The fourth-order valence-electron chi connectivity index (χ4n) is 2.55. The molecule has 1 N–H and O–H groups in total. The van der Waals surface area contributed by atoms with Crippen LogP contribution in [-0.2, 0) is 4.79 Å². The zero-order valence-electron chi connectivity index (χ0n) is 12.4. The van der Waals surface area contributed by atoms with Gasteiger partial charge in [-0.2, -0.15) is 0 Å². The molecule has 0 radical (unpaired) electrons. The highest BCUT2D eigenvalue weighted by atomic mass is 16.4. The fourth-order valence-corrected chi connectivity index (χ4v) is 2.55. The molecule has 4 nitrogen and oxygen atoms in total. The Hall–Kier alpha value is -3.14. The molecule has 0 fully saturated rings. The van der Waals surface area contributed by atoms with E-state index in [0.29, 0.717) is 0 Å². The van der Waals surface area contributed by atoms with Gasteiger partial charge in [-0.1, -0.05) is 54.6 Å². The predicted octanol–water partition coefficient (Wildman–Crippen LogP) is 3.62. The largest absolute Gasteiger partial charge is 0.478 e. The van der Waals surface area contributed by atoms with Gasteiger partial charge in [0.1, 0.15) is 0 Å². The highest BCUT2D eigenvalue weighted by Crippen LogP contribution is 2.26. The van der Waals surface area contributed by atoms with Crippen LogP contribution in [0.25, 0.3) is 6.08 Å². The zero-order chi connectivity index (χ0) is 16.1. The van der Waals surface area contributed by atoms with Gasteiger partial charge in [0.05, 0.1) is 12.4 Å². The molecule has 0 aliphatic heterocycles. The minimum atomic E-state index is -0.949. The molecule has 1 atom stereocenters. The van der Waals surface area contributed by atoms with Gasteiger partial charge in [-0.25, -0.2) is 9.78 Å². The van der Waals surface area contributed by atoms with Gasteiger partial charge in [-0.15, -0.1) is 0 Å². The van der Waals surface area contributed by atoms with E-state index in [1.165, 1.54) is 5.56 Å². The smallest absolute Gasteiger partial charge is 0.328 e. The van der Waals surface area contributed by atoms with Crippen LogP contribution in [0, 0.1) is 0 Å². The molecule has 3 aromatic rings. The van der Waals surface area contributed by atoms with E-state index in [9.17, 15) is 4.79 Å². The van der Waals surface area contributed by atoms with Crippen LogP contribution in [0.1, 0.15) is 22.7 Å². The van der Waals surface area contributed by atoms with Crippen molar-refractivity contribution in [3.05, 3.63) is 96.1 Å². The predicted molar refractivity (Wildman–Crippen MR) is 89.0 cm³/mol. The Balaban J connectivity index is 1.96. The molecule has 0 amide bonds. The third-order valence-electron chi connectivity index (χ3n) is 3.61. The van der Waals surface area contributed by atoms with Gasteiger partial charge in [-0.3, -0.25) is 0 Å². The van der Waals surface area contributed by atoms with Gasteiger partial charge < -0.3 is 9.67 Å². The maximum absolute atomic E-state index is 10.6. The van der Waals surface area contributed by atoms with Crippen molar-refractivity contribution >= 4 is 12.0 Å². The van der Waals surface area contributed by atoms with Crippen LogP contribution in [-0.4, -0.2) is 20.6 Å². The van der Waals surface area contributed by atoms with E-state index in [4.69, 9.17) is 5.11 Å². The van der Waals surface area contributed by atoms with Crippen molar-refractivity contribution in [2.75, 3.05) is 0 Å². The first kappa shape index (κ1) is 14.8. The van der Waals surface area contributed by atoms with E-state index in [1.807, 2.05) is 48.7 Å². The molecule has 1 heterocycles. The summed E-state index contributed by atoms with van der Waals surface area (Å²) in [6.45, 7) is 0. The maximum atomic E-state index is 10.6. The van der Waals surface area contributed by atoms with Gasteiger partial charge >= 0.3 is 5.97 Å². The number of carboxylic acids is 1. The van der Waals surface area contributed by atoms with E-state index < -0.39 is 5.97 Å². The van der Waals surface area contributed by atoms with Gasteiger partial charge in [-0.05, 0) is 22.8 Å². The van der Waals surface area contributed by atoms with Crippen LogP contribution in [0.3, 0.4) is 0 Å². The Morgan fingerprint density at radius 3 is 2.35 bits per heavy atom. The standard InChI is InChI=1S/C19H16N2O2/c22-18(23)11-8-15-6-9-17(10-7-15)19(21-13-12-20-14-21)16-4-2-1-3-5-16/h1-14,19H,(H,22,23)/b11-8+. The molecule has 114 valence electrons. The van der Waals surface area contributed by atoms with Gasteiger partial charge in [0, 0.05) is 18.5 Å². The summed E-state index contributed by atoms with van der Waals surface area (Å²) in [5, 5.41) is 8.69. The highest BCUT2D eigenvalue weighted by molar-refractivity contribution is 5.85. The maximum Gasteiger partial charge on any atom is 0.328 e. The van der Waals surface area contributed by atoms with Gasteiger partial charge in [0.15, 0.2) is 0 Å². The lowest BCUT2D eigenvalue weighted by Gasteiger charge is -2.19. The summed E-state index contributed by atoms with van der Waals surface area (Å²) < 4.78 is 2.05. The van der Waals surface area contributed by atoms with Crippen LogP contribution in [0.2, 0.25) is 0 Å². The molecule has 0 aliphatic rings. The van der Waals surface area contributed by atoms with E-state index in [1.54, 1.807) is 18.6 Å². The topological polar surface area (TPSA) is 55.1 Å². The van der Waals surface area contributed by atoms with E-state index in [0.717, 1.165) is 17.2 Å². The second kappa shape index (κ2) is 6.75. The summed E-state index contributed by atoms with van der Waals surface area (Å²) in [6, 6.07) is 18.1. The molecular formula is C19H16N2O2. The highest BCUT2D eigenvalue weighted by Gasteiger charge is 2.15. The monoisotopic (exact) mass is 304 g/mol. The van der Waals surface area contributed by atoms with Gasteiger partial charge in [0.25, 0.3) is 0 Å². The van der Waals surface area contributed by atoms with Crippen molar-refractivity contribution in [3.63, 3.8) is 0 Å². The first-order valence-electron chi connectivity index (χ1n) is 7.27. The van der Waals surface area contributed by atoms with Crippen LogP contribution in [0.5, 0.6) is 0 Å². The molecule has 0 saturated heterocycles. The third kappa shape index (κ3) is 3.55. The van der Waals surface area contributed by atoms with Crippen LogP contribution in [0.4, 0.5) is 0 Å². The summed E-state index contributed by atoms with van der Waals surface area (Å²) in [7, 11) is 0. The van der Waals surface area contributed by atoms with Crippen molar-refractivity contribution in [3.8, 4) is 0 Å². The Kier molecular flexibility index (Phi) is 4.34. The first-order valence-corrected chi connectivity index (χ1v) is 7.27. The molecule has 3 rings (SSSR count). The number of hydrogen-bond acceptors (Lipinski definition) is 2. The summed E-state index contributed by atoms with van der Waals surface area (Å²) in [5.74, 6) is -0.949. The second-order valence-electron chi connectivity index (χ2n) is 5.16. The summed E-state index contributed by atoms with van der Waals surface area (Å²) in [4.78, 5) is 14.7. The van der Waals surface area contributed by atoms with Crippen molar-refractivity contribution < 1.29 is 9.90 Å². The molecule has 0 saturated carbocycles. The molecule has 2 aromatic carbocycles. The first-order chi connectivity index (χ1) is 11.2.